The quantitative estimate of drug-likeness (QED) is 0.551. The first-order valence-corrected chi connectivity index (χ1v) is 6.44. The third-order valence-electron chi connectivity index (χ3n) is 2.79. The third-order valence-corrected chi connectivity index (χ3v) is 2.79. The van der Waals surface area contributed by atoms with Gasteiger partial charge in [0.15, 0.2) is 5.82 Å². The van der Waals surface area contributed by atoms with Gasteiger partial charge in [0, 0.05) is 73.8 Å². The Bertz CT molecular complexity index is 742. The first-order valence-electron chi connectivity index (χ1n) is 6.44. The van der Waals surface area contributed by atoms with Crippen LogP contribution in [-0.4, -0.2) is 15.2 Å². The Morgan fingerprint density at radius 1 is 1.14 bits per heavy atom. The van der Waals surface area contributed by atoms with E-state index in [2.05, 4.69) is 20.5 Å². The van der Waals surface area contributed by atoms with Crippen molar-refractivity contribution < 1.29 is 48.8 Å². The molecule has 3 rings (SSSR count). The number of hydrogen-bond donors (Lipinski definition) is 2. The summed E-state index contributed by atoms with van der Waals surface area (Å²) in [5.41, 5.74) is 9.71. The molecule has 2 aromatic heterocycles. The van der Waals surface area contributed by atoms with Crippen molar-refractivity contribution in [2.75, 3.05) is 5.32 Å². The molecule has 0 unspecified atom stereocenters. The second-order valence-electron chi connectivity index (χ2n) is 4.57. The Balaban J connectivity index is 0.00000176. The summed E-state index contributed by atoms with van der Waals surface area (Å²) in [4.78, 5) is 4.17. The van der Waals surface area contributed by atoms with Crippen LogP contribution >= 0.6 is 0 Å². The number of nitrogens with one attached hydrogen (secondary N) is 3. The smallest absolute Gasteiger partial charge is 0.221 e. The van der Waals surface area contributed by atoms with Gasteiger partial charge in [-0.3, -0.25) is 5.10 Å². The minimum Gasteiger partial charge on any atom is -0.699 e. The molecule has 0 spiro atoms. The van der Waals surface area contributed by atoms with Crippen LogP contribution in [0.4, 0.5) is 17.2 Å². The molecule has 1 aromatic carbocycles. The molecule has 0 atom stereocenters. The molecule has 3 N–H and O–H groups in total. The number of hydrogen-bond acceptors (Lipinski definition) is 4. The Morgan fingerprint density at radius 2 is 1.91 bits per heavy atom. The summed E-state index contributed by atoms with van der Waals surface area (Å²) in [7, 11) is 0. The van der Waals surface area contributed by atoms with Gasteiger partial charge in [-0.25, -0.2) is 4.98 Å². The summed E-state index contributed by atoms with van der Waals surface area (Å²) in [6.07, 6.45) is 1.66. The summed E-state index contributed by atoms with van der Waals surface area (Å²) in [5, 5.41) is 10.2. The Labute approximate surface area is 164 Å². The summed E-state index contributed by atoms with van der Waals surface area (Å²) >= 11 is 0. The predicted molar refractivity (Wildman–Crippen MR) is 81.3 cm³/mol. The SMILES string of the molecule is Cc1cc(Nc2ccnc(Oc3ccc([NH-])cc3)c2)n[nH]1.[Ac]. The van der Waals surface area contributed by atoms with E-state index >= 15 is 0 Å². The van der Waals surface area contributed by atoms with Gasteiger partial charge >= 0.3 is 0 Å². The first-order chi connectivity index (χ1) is 10.2. The Hall–Kier alpha value is -1.58. The average molecular weight is 507 g/mol. The van der Waals surface area contributed by atoms with Crippen molar-refractivity contribution in [1.82, 2.24) is 15.2 Å². The summed E-state index contributed by atoms with van der Waals surface area (Å²) in [5.74, 6) is 1.86. The van der Waals surface area contributed by atoms with Crippen LogP contribution in [0.5, 0.6) is 11.6 Å². The van der Waals surface area contributed by atoms with E-state index in [0.29, 0.717) is 17.3 Å². The third kappa shape index (κ3) is 4.46. The number of nitrogens with zero attached hydrogens (tertiary/aromatic N) is 2. The number of pyridine rings is 1. The van der Waals surface area contributed by atoms with E-state index in [0.717, 1.165) is 17.2 Å². The van der Waals surface area contributed by atoms with Gasteiger partial charge < -0.3 is 15.8 Å². The minimum atomic E-state index is 0. The normalized spacial score (nSPS) is 9.86. The number of aromatic amines is 1. The maximum absolute atomic E-state index is 7.44. The number of rotatable bonds is 4. The molecule has 109 valence electrons. The molecule has 2 heterocycles. The van der Waals surface area contributed by atoms with Crippen molar-refractivity contribution in [1.29, 1.82) is 0 Å². The van der Waals surface area contributed by atoms with Crippen molar-refractivity contribution in [3.8, 4) is 11.6 Å². The van der Waals surface area contributed by atoms with Crippen LogP contribution in [0.3, 0.4) is 0 Å². The van der Waals surface area contributed by atoms with Crippen LogP contribution in [0.1, 0.15) is 5.69 Å². The molecule has 0 fully saturated rings. The first kappa shape index (κ1) is 16.8. The van der Waals surface area contributed by atoms with E-state index in [1.54, 1.807) is 36.5 Å². The number of benzene rings is 1. The fraction of sp³-hybridized carbons (Fsp3) is 0.0667. The molecule has 1 radical (unpaired) electrons. The Kier molecular flexibility index (Phi) is 5.81. The van der Waals surface area contributed by atoms with Crippen molar-refractivity contribution in [2.24, 2.45) is 0 Å². The van der Waals surface area contributed by atoms with Gasteiger partial charge in [0.2, 0.25) is 5.88 Å². The standard InChI is InChI=1S/C15H14N5O.Ac/c1-10-8-14(20-19-10)18-12-6-7-17-15(9-12)21-13-4-2-11(16)3-5-13;/h2-9,16H,1H3,(H2,17,18,19,20);/q-1;. The van der Waals surface area contributed by atoms with Gasteiger partial charge in [0.1, 0.15) is 5.75 Å². The molecular formula is C15H14AcN5O-. The van der Waals surface area contributed by atoms with Gasteiger partial charge in [0.05, 0.1) is 0 Å². The van der Waals surface area contributed by atoms with Gasteiger partial charge in [0.25, 0.3) is 0 Å². The second kappa shape index (κ2) is 7.61. The summed E-state index contributed by atoms with van der Waals surface area (Å²) in [6, 6.07) is 12.4. The van der Waals surface area contributed by atoms with Gasteiger partial charge in [-0.2, -0.15) is 5.10 Å². The largest absolute Gasteiger partial charge is 0.699 e. The van der Waals surface area contributed by atoms with E-state index in [1.165, 1.54) is 0 Å². The zero-order valence-electron chi connectivity index (χ0n) is 12.0. The van der Waals surface area contributed by atoms with Crippen LogP contribution in [-0.2, 0) is 0 Å². The minimum absolute atomic E-state index is 0. The van der Waals surface area contributed by atoms with E-state index in [9.17, 15) is 0 Å². The fourth-order valence-corrected chi connectivity index (χ4v) is 1.82. The van der Waals surface area contributed by atoms with Crippen molar-refractivity contribution in [2.45, 2.75) is 6.92 Å². The summed E-state index contributed by atoms with van der Waals surface area (Å²) < 4.78 is 5.65. The van der Waals surface area contributed by atoms with Crippen molar-refractivity contribution in [3.63, 3.8) is 0 Å². The molecule has 0 saturated carbocycles. The van der Waals surface area contributed by atoms with Crippen molar-refractivity contribution in [3.05, 3.63) is 60.1 Å². The van der Waals surface area contributed by atoms with E-state index in [-0.39, 0.29) is 44.1 Å². The van der Waals surface area contributed by atoms with Crippen LogP contribution in [0, 0.1) is 51.0 Å². The molecule has 0 amide bonds. The van der Waals surface area contributed by atoms with Crippen LogP contribution in [0.25, 0.3) is 5.73 Å². The molecule has 22 heavy (non-hydrogen) atoms. The van der Waals surface area contributed by atoms with Gasteiger partial charge in [-0.15, -0.1) is 5.69 Å². The molecule has 0 aliphatic rings. The Morgan fingerprint density at radius 3 is 2.59 bits per heavy atom. The number of aromatic nitrogens is 3. The molecule has 6 nitrogen and oxygen atoms in total. The van der Waals surface area contributed by atoms with E-state index in [4.69, 9.17) is 10.5 Å². The average Bonchev–Trinajstić information content (AvgIpc) is 2.87. The van der Waals surface area contributed by atoms with Gasteiger partial charge in [-0.05, 0) is 25.1 Å². The number of aryl methyl sites for hydroxylation is 1. The molecule has 0 aliphatic carbocycles. The van der Waals surface area contributed by atoms with E-state index < -0.39 is 0 Å². The molecular weight excluding hydrogens is 493 g/mol. The maximum Gasteiger partial charge on any atom is 0.221 e. The van der Waals surface area contributed by atoms with Gasteiger partial charge in [-0.1, -0.05) is 12.1 Å². The summed E-state index contributed by atoms with van der Waals surface area (Å²) in [6.45, 7) is 1.94. The molecule has 7 heteroatoms. The number of H-pyrrole nitrogens is 1. The number of anilines is 2. The molecule has 3 aromatic rings. The number of ether oxygens (including phenoxy) is 1. The second-order valence-corrected chi connectivity index (χ2v) is 4.57. The fourth-order valence-electron chi connectivity index (χ4n) is 1.82. The zero-order chi connectivity index (χ0) is 14.7. The van der Waals surface area contributed by atoms with Crippen LogP contribution < -0.4 is 10.1 Å². The zero-order valence-corrected chi connectivity index (χ0v) is 16.7. The van der Waals surface area contributed by atoms with Crippen LogP contribution in [0.15, 0.2) is 48.7 Å². The van der Waals surface area contributed by atoms with E-state index in [1.807, 2.05) is 19.1 Å². The predicted octanol–water partition coefficient (Wildman–Crippen LogP) is 4.33. The monoisotopic (exact) mass is 507 g/mol. The molecule has 0 saturated heterocycles. The molecule has 0 bridgehead atoms. The van der Waals surface area contributed by atoms with Crippen molar-refractivity contribution >= 4 is 17.2 Å². The maximum atomic E-state index is 7.44. The van der Waals surface area contributed by atoms with Crippen LogP contribution in [0.2, 0.25) is 0 Å². The topological polar surface area (TPSA) is 86.6 Å². The molecule has 0 aliphatic heterocycles.